The standard InChI is InChI=1S/C26H21N3O4S/c30-24-21-13-7-8-14-22(21)28(20-11-5-2-6-12-20)18-27(24)15-16-33-29-25(31)23(34-26(29)32)17-19-9-3-1-4-10-19/h1-14,17H,15-16,18H2. The number of nitrogens with zero attached hydrogens (tertiary/aromatic N) is 3. The van der Waals surface area contributed by atoms with E-state index in [0.717, 1.165) is 33.8 Å². The van der Waals surface area contributed by atoms with Gasteiger partial charge in [-0.1, -0.05) is 60.7 Å². The normalized spacial score (nSPS) is 17.0. The van der Waals surface area contributed by atoms with Crippen molar-refractivity contribution in [2.75, 3.05) is 24.7 Å². The van der Waals surface area contributed by atoms with Crippen molar-refractivity contribution in [1.29, 1.82) is 0 Å². The van der Waals surface area contributed by atoms with Gasteiger partial charge >= 0.3 is 5.24 Å². The summed E-state index contributed by atoms with van der Waals surface area (Å²) >= 11 is 0.836. The Labute approximate surface area is 201 Å². The van der Waals surface area contributed by atoms with Crippen molar-refractivity contribution in [2.45, 2.75) is 0 Å². The Morgan fingerprint density at radius 3 is 2.26 bits per heavy atom. The molecule has 2 aliphatic rings. The van der Waals surface area contributed by atoms with Gasteiger partial charge in [0.1, 0.15) is 0 Å². The molecule has 3 amide bonds. The average molecular weight is 472 g/mol. The van der Waals surface area contributed by atoms with Crippen molar-refractivity contribution in [3.05, 3.63) is 101 Å². The maximum atomic E-state index is 13.1. The quantitative estimate of drug-likeness (QED) is 0.476. The van der Waals surface area contributed by atoms with Gasteiger partial charge in [0.05, 0.1) is 29.4 Å². The molecule has 170 valence electrons. The summed E-state index contributed by atoms with van der Waals surface area (Å²) in [5, 5.41) is 0.282. The highest BCUT2D eigenvalue weighted by atomic mass is 32.2. The SMILES string of the molecule is O=C1c2ccccc2N(c2ccccc2)CN1CCON1C(=O)SC(=Cc2ccccc2)C1=O. The van der Waals surface area contributed by atoms with Gasteiger partial charge in [0.2, 0.25) is 0 Å². The lowest BCUT2D eigenvalue weighted by atomic mass is 10.1. The molecule has 5 rings (SSSR count). The number of anilines is 2. The highest BCUT2D eigenvalue weighted by Crippen LogP contribution is 2.34. The minimum Gasteiger partial charge on any atom is -0.322 e. The molecule has 0 aromatic heterocycles. The fourth-order valence-corrected chi connectivity index (χ4v) is 4.65. The summed E-state index contributed by atoms with van der Waals surface area (Å²) in [6.07, 6.45) is 1.66. The number of hydrogen-bond donors (Lipinski definition) is 0. The van der Waals surface area contributed by atoms with Gasteiger partial charge in [0.15, 0.2) is 0 Å². The molecule has 0 spiro atoms. The lowest BCUT2D eigenvalue weighted by molar-refractivity contribution is -0.160. The Balaban J connectivity index is 1.27. The zero-order chi connectivity index (χ0) is 23.5. The van der Waals surface area contributed by atoms with E-state index in [1.807, 2.05) is 78.9 Å². The molecule has 0 radical (unpaired) electrons. The second kappa shape index (κ2) is 9.54. The summed E-state index contributed by atoms with van der Waals surface area (Å²) in [5.74, 6) is -0.621. The van der Waals surface area contributed by atoms with Crippen LogP contribution >= 0.6 is 11.8 Å². The van der Waals surface area contributed by atoms with Crippen molar-refractivity contribution in [1.82, 2.24) is 9.96 Å². The Morgan fingerprint density at radius 1 is 0.824 bits per heavy atom. The van der Waals surface area contributed by atoms with Crippen LogP contribution in [0.4, 0.5) is 16.2 Å². The molecule has 0 aliphatic carbocycles. The number of hydroxylamine groups is 2. The molecule has 0 saturated carbocycles. The maximum Gasteiger partial charge on any atom is 0.317 e. The Hall–Kier alpha value is -3.88. The van der Waals surface area contributed by atoms with E-state index < -0.39 is 11.1 Å². The molecule has 2 heterocycles. The zero-order valence-electron chi connectivity index (χ0n) is 18.2. The van der Waals surface area contributed by atoms with Gasteiger partial charge in [0.25, 0.3) is 11.8 Å². The van der Waals surface area contributed by atoms with Crippen molar-refractivity contribution in [3.63, 3.8) is 0 Å². The van der Waals surface area contributed by atoms with Crippen LogP contribution in [0.15, 0.2) is 89.8 Å². The first-order valence-corrected chi connectivity index (χ1v) is 11.6. The van der Waals surface area contributed by atoms with E-state index in [2.05, 4.69) is 4.90 Å². The van der Waals surface area contributed by atoms with E-state index in [9.17, 15) is 14.4 Å². The van der Waals surface area contributed by atoms with Gasteiger partial charge < -0.3 is 9.80 Å². The molecule has 34 heavy (non-hydrogen) atoms. The number of imide groups is 1. The number of carbonyl (C=O) groups is 3. The van der Waals surface area contributed by atoms with Crippen LogP contribution in [-0.4, -0.2) is 46.8 Å². The van der Waals surface area contributed by atoms with Crippen molar-refractivity contribution in [3.8, 4) is 0 Å². The van der Waals surface area contributed by atoms with E-state index in [-0.39, 0.29) is 19.1 Å². The predicted octanol–water partition coefficient (Wildman–Crippen LogP) is 4.91. The summed E-state index contributed by atoms with van der Waals surface area (Å²) in [5.41, 5.74) is 3.22. The third-order valence-corrected chi connectivity index (χ3v) is 6.38. The number of amides is 3. The molecule has 0 atom stereocenters. The van der Waals surface area contributed by atoms with Crippen LogP contribution in [0, 0.1) is 0 Å². The summed E-state index contributed by atoms with van der Waals surface area (Å²) < 4.78 is 0. The number of carbonyl (C=O) groups excluding carboxylic acids is 3. The van der Waals surface area contributed by atoms with Gasteiger partial charge in [0, 0.05) is 12.2 Å². The molecule has 1 saturated heterocycles. The molecule has 2 aliphatic heterocycles. The first kappa shape index (κ1) is 21.9. The Bertz CT molecular complexity index is 1260. The van der Waals surface area contributed by atoms with Crippen LogP contribution in [0.3, 0.4) is 0 Å². The van der Waals surface area contributed by atoms with Crippen LogP contribution in [-0.2, 0) is 9.63 Å². The molecular weight excluding hydrogens is 450 g/mol. The monoisotopic (exact) mass is 471 g/mol. The van der Waals surface area contributed by atoms with Gasteiger partial charge in [-0.15, -0.1) is 5.06 Å². The molecule has 0 bridgehead atoms. The average Bonchev–Trinajstić information content (AvgIpc) is 3.14. The maximum absolute atomic E-state index is 13.1. The van der Waals surface area contributed by atoms with Crippen LogP contribution in [0.5, 0.6) is 0 Å². The van der Waals surface area contributed by atoms with Gasteiger partial charge in [-0.3, -0.25) is 19.2 Å². The van der Waals surface area contributed by atoms with E-state index in [0.29, 0.717) is 17.1 Å². The van der Waals surface area contributed by atoms with E-state index in [4.69, 9.17) is 4.84 Å². The third-order valence-electron chi connectivity index (χ3n) is 5.53. The van der Waals surface area contributed by atoms with Crippen LogP contribution in [0.1, 0.15) is 15.9 Å². The first-order chi connectivity index (χ1) is 16.6. The van der Waals surface area contributed by atoms with Crippen LogP contribution in [0.25, 0.3) is 6.08 Å². The zero-order valence-corrected chi connectivity index (χ0v) is 19.0. The molecule has 3 aromatic carbocycles. The third kappa shape index (κ3) is 4.33. The van der Waals surface area contributed by atoms with Crippen molar-refractivity contribution >= 4 is 46.3 Å². The van der Waals surface area contributed by atoms with Gasteiger partial charge in [-0.05, 0) is 47.7 Å². The van der Waals surface area contributed by atoms with Gasteiger partial charge in [-0.25, -0.2) is 0 Å². The second-order valence-electron chi connectivity index (χ2n) is 7.71. The molecule has 8 heteroatoms. The smallest absolute Gasteiger partial charge is 0.317 e. The molecule has 0 N–H and O–H groups in total. The summed E-state index contributed by atoms with van der Waals surface area (Å²) in [6, 6.07) is 26.6. The first-order valence-electron chi connectivity index (χ1n) is 10.8. The lowest BCUT2D eigenvalue weighted by Crippen LogP contribution is -2.46. The topological polar surface area (TPSA) is 70.2 Å². The summed E-state index contributed by atoms with van der Waals surface area (Å²) in [7, 11) is 0. The fourth-order valence-electron chi connectivity index (χ4n) is 3.88. The lowest BCUT2D eigenvalue weighted by Gasteiger charge is -2.38. The largest absolute Gasteiger partial charge is 0.322 e. The minimum atomic E-state index is -0.500. The number of rotatable bonds is 6. The fraction of sp³-hybridized carbons (Fsp3) is 0.115. The molecule has 0 unspecified atom stereocenters. The number of thioether (sulfide) groups is 1. The van der Waals surface area contributed by atoms with Crippen molar-refractivity contribution < 1.29 is 19.2 Å². The number of fused-ring (bicyclic) bond motifs is 1. The van der Waals surface area contributed by atoms with E-state index in [1.54, 1.807) is 17.0 Å². The minimum absolute atomic E-state index is 0.00714. The highest BCUT2D eigenvalue weighted by molar-refractivity contribution is 8.18. The summed E-state index contributed by atoms with van der Waals surface area (Å²) in [4.78, 5) is 47.6. The van der Waals surface area contributed by atoms with Crippen molar-refractivity contribution in [2.24, 2.45) is 0 Å². The van der Waals surface area contributed by atoms with E-state index >= 15 is 0 Å². The molecule has 3 aromatic rings. The van der Waals surface area contributed by atoms with Crippen LogP contribution in [0.2, 0.25) is 0 Å². The molecule has 7 nitrogen and oxygen atoms in total. The number of benzene rings is 3. The molecular formula is C26H21N3O4S. The second-order valence-corrected chi connectivity index (χ2v) is 8.70. The molecule has 1 fully saturated rings. The van der Waals surface area contributed by atoms with E-state index in [1.165, 1.54) is 0 Å². The predicted molar refractivity (Wildman–Crippen MR) is 131 cm³/mol. The number of para-hydroxylation sites is 2. The Morgan fingerprint density at radius 2 is 1.50 bits per heavy atom. The van der Waals surface area contributed by atoms with Crippen LogP contribution < -0.4 is 4.90 Å². The van der Waals surface area contributed by atoms with Gasteiger partial charge in [-0.2, -0.15) is 0 Å². The highest BCUT2D eigenvalue weighted by Gasteiger charge is 2.37. The Kier molecular flexibility index (Phi) is 6.16. The summed E-state index contributed by atoms with van der Waals surface area (Å²) in [6.45, 7) is 0.558. The number of hydrogen-bond acceptors (Lipinski definition) is 6.